The predicted molar refractivity (Wildman–Crippen MR) is 79.1 cm³/mol. The summed E-state index contributed by atoms with van der Waals surface area (Å²) in [6, 6.07) is 1.91. The van der Waals surface area contributed by atoms with Crippen LogP contribution in [0.5, 0.6) is 0 Å². The first-order valence-corrected chi connectivity index (χ1v) is 7.48. The Balaban J connectivity index is 2.13. The summed E-state index contributed by atoms with van der Waals surface area (Å²) in [5.74, 6) is 0.666. The minimum atomic E-state index is 0.666. The second-order valence-electron chi connectivity index (χ2n) is 4.86. The van der Waals surface area contributed by atoms with Crippen molar-refractivity contribution in [2.24, 2.45) is 5.92 Å². The molecule has 0 amide bonds. The Kier molecular flexibility index (Phi) is 4.99. The Hall–Kier alpha value is -1.33. The number of aromatic nitrogens is 3. The van der Waals surface area contributed by atoms with Crippen molar-refractivity contribution in [2.45, 2.75) is 33.7 Å². The monoisotopic (exact) mass is 276 g/mol. The second kappa shape index (κ2) is 6.73. The van der Waals surface area contributed by atoms with Gasteiger partial charge in [0, 0.05) is 17.6 Å². The Labute approximate surface area is 118 Å². The molecule has 0 saturated carbocycles. The molecule has 102 valence electrons. The molecule has 0 atom stereocenters. The summed E-state index contributed by atoms with van der Waals surface area (Å²) < 4.78 is 0. The second-order valence-corrected chi connectivity index (χ2v) is 5.95. The standard InChI is InChI=1S/C14H20N4S/c1-4-11-13(8-16-7-10(2)3)19-14(18-11)12-5-6-15-9-17-12/h5-6,9-10,16H,4,7-8H2,1-3H3. The molecule has 0 bridgehead atoms. The van der Waals surface area contributed by atoms with Crippen LogP contribution in [-0.2, 0) is 13.0 Å². The van der Waals surface area contributed by atoms with Gasteiger partial charge in [-0.2, -0.15) is 0 Å². The van der Waals surface area contributed by atoms with Crippen molar-refractivity contribution in [2.75, 3.05) is 6.54 Å². The van der Waals surface area contributed by atoms with Crippen molar-refractivity contribution in [3.05, 3.63) is 29.2 Å². The molecule has 2 aromatic heterocycles. The largest absolute Gasteiger partial charge is 0.312 e. The third kappa shape index (κ3) is 3.81. The maximum absolute atomic E-state index is 4.68. The van der Waals surface area contributed by atoms with Crippen LogP contribution in [0, 0.1) is 5.92 Å². The van der Waals surface area contributed by atoms with Crippen LogP contribution in [0.4, 0.5) is 0 Å². The Bertz CT molecular complexity index is 507. The smallest absolute Gasteiger partial charge is 0.142 e. The molecule has 2 aromatic rings. The maximum Gasteiger partial charge on any atom is 0.142 e. The van der Waals surface area contributed by atoms with Crippen LogP contribution >= 0.6 is 11.3 Å². The summed E-state index contributed by atoms with van der Waals surface area (Å²) in [6.45, 7) is 8.50. The summed E-state index contributed by atoms with van der Waals surface area (Å²) in [7, 11) is 0. The molecule has 19 heavy (non-hydrogen) atoms. The van der Waals surface area contributed by atoms with Gasteiger partial charge in [0.2, 0.25) is 0 Å². The topological polar surface area (TPSA) is 50.7 Å². The van der Waals surface area contributed by atoms with Gasteiger partial charge in [-0.1, -0.05) is 20.8 Å². The lowest BCUT2D eigenvalue weighted by Crippen LogP contribution is -2.18. The summed E-state index contributed by atoms with van der Waals surface area (Å²) in [6.07, 6.45) is 4.28. The molecule has 0 unspecified atom stereocenters. The normalized spacial score (nSPS) is 11.2. The molecule has 0 saturated heterocycles. The number of rotatable bonds is 6. The van der Waals surface area contributed by atoms with Gasteiger partial charge in [-0.3, -0.25) is 0 Å². The molecule has 0 aliphatic rings. The predicted octanol–water partition coefficient (Wildman–Crippen LogP) is 2.91. The zero-order chi connectivity index (χ0) is 13.7. The number of aryl methyl sites for hydroxylation is 1. The number of hydrogen-bond donors (Lipinski definition) is 1. The van der Waals surface area contributed by atoms with E-state index in [0.717, 1.165) is 30.2 Å². The summed E-state index contributed by atoms with van der Waals surface area (Å²) in [4.78, 5) is 14.2. The quantitative estimate of drug-likeness (QED) is 0.881. The molecule has 5 heteroatoms. The van der Waals surface area contributed by atoms with E-state index >= 15 is 0 Å². The molecule has 4 nitrogen and oxygen atoms in total. The summed E-state index contributed by atoms with van der Waals surface area (Å²) in [5, 5.41) is 4.46. The molecule has 0 aliphatic heterocycles. The van der Waals surface area contributed by atoms with E-state index in [1.807, 2.05) is 6.07 Å². The minimum Gasteiger partial charge on any atom is -0.312 e. The van der Waals surface area contributed by atoms with Gasteiger partial charge in [-0.25, -0.2) is 15.0 Å². The first kappa shape index (κ1) is 14.1. The molecule has 2 heterocycles. The lowest BCUT2D eigenvalue weighted by Gasteiger charge is -2.06. The first-order chi connectivity index (χ1) is 9.20. The highest BCUT2D eigenvalue weighted by Gasteiger charge is 2.11. The van der Waals surface area contributed by atoms with Gasteiger partial charge in [-0.05, 0) is 24.9 Å². The Morgan fingerprint density at radius 1 is 1.37 bits per heavy atom. The molecule has 1 N–H and O–H groups in total. The number of nitrogens with zero attached hydrogens (tertiary/aromatic N) is 3. The van der Waals surface area contributed by atoms with Gasteiger partial charge < -0.3 is 5.32 Å². The molecule has 2 rings (SSSR count). The zero-order valence-corrected chi connectivity index (χ0v) is 12.5. The maximum atomic E-state index is 4.68. The average Bonchev–Trinajstić information content (AvgIpc) is 2.83. The fraction of sp³-hybridized carbons (Fsp3) is 0.500. The molecular formula is C14H20N4S. The SMILES string of the molecule is CCc1nc(-c2ccncn2)sc1CNCC(C)C. The van der Waals surface area contributed by atoms with E-state index in [4.69, 9.17) is 0 Å². The van der Waals surface area contributed by atoms with Crippen molar-refractivity contribution in [3.63, 3.8) is 0 Å². The molecule has 0 radical (unpaired) electrons. The van der Waals surface area contributed by atoms with Crippen molar-refractivity contribution in [1.82, 2.24) is 20.3 Å². The Morgan fingerprint density at radius 2 is 2.21 bits per heavy atom. The number of nitrogens with one attached hydrogen (secondary N) is 1. The molecular weight excluding hydrogens is 256 g/mol. The van der Waals surface area contributed by atoms with Gasteiger partial charge in [0.1, 0.15) is 17.0 Å². The number of thiazole rings is 1. The zero-order valence-electron chi connectivity index (χ0n) is 11.7. The lowest BCUT2D eigenvalue weighted by molar-refractivity contribution is 0.553. The minimum absolute atomic E-state index is 0.666. The highest BCUT2D eigenvalue weighted by atomic mass is 32.1. The van der Waals surface area contributed by atoms with Crippen LogP contribution in [0.15, 0.2) is 18.6 Å². The molecule has 0 spiro atoms. The van der Waals surface area contributed by atoms with Crippen molar-refractivity contribution in [1.29, 1.82) is 0 Å². The Morgan fingerprint density at radius 3 is 2.84 bits per heavy atom. The fourth-order valence-corrected chi connectivity index (χ4v) is 2.90. The first-order valence-electron chi connectivity index (χ1n) is 6.66. The lowest BCUT2D eigenvalue weighted by atomic mass is 10.2. The third-order valence-electron chi connectivity index (χ3n) is 2.75. The highest BCUT2D eigenvalue weighted by Crippen LogP contribution is 2.26. The molecule has 0 fully saturated rings. The van der Waals surface area contributed by atoms with Crippen molar-refractivity contribution in [3.8, 4) is 10.7 Å². The van der Waals surface area contributed by atoms with Gasteiger partial charge >= 0.3 is 0 Å². The average molecular weight is 276 g/mol. The van der Waals surface area contributed by atoms with E-state index in [1.165, 1.54) is 10.6 Å². The van der Waals surface area contributed by atoms with E-state index in [9.17, 15) is 0 Å². The van der Waals surface area contributed by atoms with Crippen LogP contribution in [0.25, 0.3) is 10.7 Å². The van der Waals surface area contributed by atoms with Crippen LogP contribution in [0.1, 0.15) is 31.3 Å². The van der Waals surface area contributed by atoms with Crippen molar-refractivity contribution < 1.29 is 0 Å². The molecule has 0 aromatic carbocycles. The number of hydrogen-bond acceptors (Lipinski definition) is 5. The van der Waals surface area contributed by atoms with Crippen molar-refractivity contribution >= 4 is 11.3 Å². The van der Waals surface area contributed by atoms with Gasteiger partial charge in [0.25, 0.3) is 0 Å². The van der Waals surface area contributed by atoms with Crippen LogP contribution in [-0.4, -0.2) is 21.5 Å². The van der Waals surface area contributed by atoms with E-state index in [0.29, 0.717) is 5.92 Å². The van der Waals surface area contributed by atoms with E-state index in [1.54, 1.807) is 23.9 Å². The van der Waals surface area contributed by atoms with E-state index < -0.39 is 0 Å². The van der Waals surface area contributed by atoms with E-state index in [2.05, 4.69) is 41.0 Å². The third-order valence-corrected chi connectivity index (χ3v) is 3.87. The van der Waals surface area contributed by atoms with E-state index in [-0.39, 0.29) is 0 Å². The van der Waals surface area contributed by atoms with Crippen LogP contribution in [0.3, 0.4) is 0 Å². The van der Waals surface area contributed by atoms with Gasteiger partial charge in [0.15, 0.2) is 0 Å². The van der Waals surface area contributed by atoms with Crippen LogP contribution in [0.2, 0.25) is 0 Å². The summed E-state index contributed by atoms with van der Waals surface area (Å²) >= 11 is 1.72. The van der Waals surface area contributed by atoms with Gasteiger partial charge in [0.05, 0.1) is 5.69 Å². The fourth-order valence-electron chi connectivity index (χ4n) is 1.80. The van der Waals surface area contributed by atoms with Gasteiger partial charge in [-0.15, -0.1) is 11.3 Å². The molecule has 0 aliphatic carbocycles. The van der Waals surface area contributed by atoms with Crippen LogP contribution < -0.4 is 5.32 Å². The highest BCUT2D eigenvalue weighted by molar-refractivity contribution is 7.15. The summed E-state index contributed by atoms with van der Waals surface area (Å²) in [5.41, 5.74) is 2.08.